The van der Waals surface area contributed by atoms with Crippen molar-refractivity contribution in [3.63, 3.8) is 0 Å². The minimum atomic E-state index is -0.707. The van der Waals surface area contributed by atoms with E-state index in [0.29, 0.717) is 33.8 Å². The topological polar surface area (TPSA) is 91.8 Å². The molecule has 0 saturated carbocycles. The molecular weight excluding hydrogens is 660 g/mol. The zero-order valence-electron chi connectivity index (χ0n) is 25.3. The van der Waals surface area contributed by atoms with Gasteiger partial charge in [-0.2, -0.15) is 15.2 Å². The van der Waals surface area contributed by atoms with Crippen LogP contribution < -0.4 is 10.7 Å². The fourth-order valence-electron chi connectivity index (χ4n) is 6.10. The Morgan fingerprint density at radius 1 is 0.833 bits per heavy atom. The number of anilines is 1. The lowest BCUT2D eigenvalue weighted by atomic mass is 9.81. The van der Waals surface area contributed by atoms with Crippen LogP contribution in [0.2, 0.25) is 10.0 Å². The van der Waals surface area contributed by atoms with E-state index in [1.165, 1.54) is 35.3 Å². The molecule has 2 N–H and O–H groups in total. The third-order valence-electron chi connectivity index (χ3n) is 8.47. The molecule has 4 aromatic carbocycles. The van der Waals surface area contributed by atoms with Crippen molar-refractivity contribution in [1.82, 2.24) is 20.2 Å². The zero-order valence-corrected chi connectivity index (χ0v) is 26.8. The smallest absolute Gasteiger partial charge is 0.226 e. The third kappa shape index (κ3) is 6.18. The van der Waals surface area contributed by atoms with E-state index in [-0.39, 0.29) is 29.4 Å². The molecule has 5 aromatic rings. The van der Waals surface area contributed by atoms with Crippen molar-refractivity contribution in [2.45, 2.75) is 37.4 Å². The number of benzene rings is 4. The first-order valence-electron chi connectivity index (χ1n) is 15.1. The molecule has 0 bridgehead atoms. The van der Waals surface area contributed by atoms with Crippen molar-refractivity contribution in [2.75, 3.05) is 5.32 Å². The molecule has 0 spiro atoms. The molecule has 48 heavy (non-hydrogen) atoms. The first kappa shape index (κ1) is 31.6. The average molecular weight is 688 g/mol. The number of fused-ring (bicyclic) bond motifs is 2. The molecule has 13 heteroatoms. The van der Waals surface area contributed by atoms with Crippen molar-refractivity contribution < 1.29 is 13.2 Å². The van der Waals surface area contributed by atoms with Crippen LogP contribution in [-0.4, -0.2) is 26.6 Å². The fraction of sp³-hybridized carbons (Fsp3) is 0.171. The minimum absolute atomic E-state index is 0.0460. The number of amidine groups is 1. The van der Waals surface area contributed by atoms with Crippen LogP contribution >= 0.6 is 23.2 Å². The summed E-state index contributed by atoms with van der Waals surface area (Å²) in [5.41, 5.74) is 7.05. The van der Waals surface area contributed by atoms with Gasteiger partial charge in [0.05, 0.1) is 11.6 Å². The molecular formula is C35H27Cl2F3N8. The number of aliphatic imine (C=N–C) groups is 1. The molecule has 0 aliphatic carbocycles. The number of halogens is 5. The maximum atomic E-state index is 14.4. The predicted molar refractivity (Wildman–Crippen MR) is 179 cm³/mol. The number of nitrogens with zero attached hydrogens (tertiary/aromatic N) is 6. The molecule has 0 radical (unpaired) electrons. The van der Waals surface area contributed by atoms with E-state index in [1.54, 1.807) is 18.2 Å². The SMILES string of the molecule is Cc1ccc(C2=CC(c3c(F)cccc3F)n3ncnc3N2)cc1.Fc1cccc(Cl)c1C1CC(c2ccc(Cl)cc2)N=C2NN=NC21. The normalized spacial score (nSPS) is 20.7. The minimum Gasteiger partial charge on any atom is -0.324 e. The van der Waals surface area contributed by atoms with Crippen molar-refractivity contribution in [3.05, 3.63) is 153 Å². The second-order valence-corrected chi connectivity index (χ2v) is 12.4. The van der Waals surface area contributed by atoms with E-state index >= 15 is 0 Å². The highest BCUT2D eigenvalue weighted by Crippen LogP contribution is 2.43. The summed E-state index contributed by atoms with van der Waals surface area (Å²) in [6.45, 7) is 2.00. The van der Waals surface area contributed by atoms with Crippen LogP contribution in [0.1, 0.15) is 52.2 Å². The molecule has 3 aliphatic rings. The first-order valence-corrected chi connectivity index (χ1v) is 15.8. The van der Waals surface area contributed by atoms with Crippen LogP contribution in [0.4, 0.5) is 19.1 Å². The van der Waals surface area contributed by atoms with Gasteiger partial charge in [-0.15, -0.1) is 0 Å². The molecule has 0 saturated heterocycles. The van der Waals surface area contributed by atoms with Crippen LogP contribution in [0, 0.1) is 24.4 Å². The van der Waals surface area contributed by atoms with Gasteiger partial charge in [0, 0.05) is 27.2 Å². The summed E-state index contributed by atoms with van der Waals surface area (Å²) in [7, 11) is 0. The Hall–Kier alpha value is -5.00. The second kappa shape index (κ2) is 13.2. The summed E-state index contributed by atoms with van der Waals surface area (Å²) >= 11 is 12.2. The molecule has 4 unspecified atom stereocenters. The largest absolute Gasteiger partial charge is 0.324 e. The van der Waals surface area contributed by atoms with Crippen LogP contribution in [0.25, 0.3) is 5.70 Å². The Morgan fingerprint density at radius 3 is 2.23 bits per heavy atom. The summed E-state index contributed by atoms with van der Waals surface area (Å²) in [5, 5.41) is 16.4. The quantitative estimate of drug-likeness (QED) is 0.197. The molecule has 8 rings (SSSR count). The van der Waals surface area contributed by atoms with E-state index in [1.807, 2.05) is 55.5 Å². The Bertz CT molecular complexity index is 2020. The molecule has 4 atom stereocenters. The molecule has 4 heterocycles. The van der Waals surface area contributed by atoms with Gasteiger partial charge in [0.1, 0.15) is 41.7 Å². The van der Waals surface area contributed by atoms with Crippen LogP contribution in [0.15, 0.2) is 113 Å². The number of aryl methyl sites for hydroxylation is 1. The Kier molecular flexibility index (Phi) is 8.72. The maximum Gasteiger partial charge on any atom is 0.226 e. The summed E-state index contributed by atoms with van der Waals surface area (Å²) in [4.78, 5) is 8.83. The standard InChI is InChI=1S/C18H14F2N4.C17H13Cl2FN4/c1-11-5-7-12(8-6-11)15-9-16(24-18(23-15)21-10-22-24)17-13(19)3-2-4-14(17)20;18-10-6-4-9(5-7-10)14-8-11(16-17(21-14)23-24-22-16)15-12(19)2-1-3-13(15)20/h2-10,16H,1H3,(H,21,22,23);1-7,11,14,16H,8H2,(H,21,22,23). The van der Waals surface area contributed by atoms with Gasteiger partial charge in [-0.1, -0.05) is 82.5 Å². The van der Waals surface area contributed by atoms with Gasteiger partial charge in [0.25, 0.3) is 0 Å². The molecule has 8 nitrogen and oxygen atoms in total. The van der Waals surface area contributed by atoms with Crippen LogP contribution in [-0.2, 0) is 0 Å². The molecule has 3 aliphatic heterocycles. The number of hydrogen-bond donors (Lipinski definition) is 2. The maximum absolute atomic E-state index is 14.4. The molecule has 1 aromatic heterocycles. The van der Waals surface area contributed by atoms with Gasteiger partial charge in [-0.25, -0.2) is 23.3 Å². The van der Waals surface area contributed by atoms with Crippen molar-refractivity contribution >= 4 is 40.7 Å². The van der Waals surface area contributed by atoms with Gasteiger partial charge in [-0.05, 0) is 66.9 Å². The van der Waals surface area contributed by atoms with Crippen LogP contribution in [0.3, 0.4) is 0 Å². The lowest BCUT2D eigenvalue weighted by Crippen LogP contribution is -2.35. The summed E-state index contributed by atoms with van der Waals surface area (Å²) in [6, 6.07) is 22.8. The second-order valence-electron chi connectivity index (χ2n) is 11.5. The van der Waals surface area contributed by atoms with Crippen molar-refractivity contribution in [2.24, 2.45) is 15.3 Å². The monoisotopic (exact) mass is 686 g/mol. The summed E-state index contributed by atoms with van der Waals surface area (Å²) in [6.07, 6.45) is 3.71. The highest BCUT2D eigenvalue weighted by Gasteiger charge is 2.40. The fourth-order valence-corrected chi connectivity index (χ4v) is 6.53. The lowest BCUT2D eigenvalue weighted by molar-refractivity contribution is 0.469. The number of aromatic nitrogens is 3. The zero-order chi connectivity index (χ0) is 33.4. The van der Waals surface area contributed by atoms with Gasteiger partial charge >= 0.3 is 0 Å². The van der Waals surface area contributed by atoms with Crippen LogP contribution in [0.5, 0.6) is 0 Å². The van der Waals surface area contributed by atoms with Gasteiger partial charge in [-0.3, -0.25) is 4.99 Å². The number of rotatable bonds is 4. The van der Waals surface area contributed by atoms with E-state index in [9.17, 15) is 13.2 Å². The highest BCUT2D eigenvalue weighted by atomic mass is 35.5. The predicted octanol–water partition coefficient (Wildman–Crippen LogP) is 9.02. The highest BCUT2D eigenvalue weighted by molar-refractivity contribution is 6.31. The molecule has 0 fully saturated rings. The van der Waals surface area contributed by atoms with E-state index in [2.05, 4.69) is 36.2 Å². The first-order chi connectivity index (χ1) is 23.3. The van der Waals surface area contributed by atoms with E-state index in [4.69, 9.17) is 23.2 Å². The Morgan fingerprint density at radius 2 is 1.52 bits per heavy atom. The summed E-state index contributed by atoms with van der Waals surface area (Å²) < 4.78 is 44.4. The Labute approximate surface area is 284 Å². The average Bonchev–Trinajstić information content (AvgIpc) is 3.76. The molecule has 242 valence electrons. The van der Waals surface area contributed by atoms with E-state index in [0.717, 1.165) is 22.4 Å². The van der Waals surface area contributed by atoms with Gasteiger partial charge in [0.15, 0.2) is 0 Å². The van der Waals surface area contributed by atoms with Crippen molar-refractivity contribution in [3.8, 4) is 0 Å². The lowest BCUT2D eigenvalue weighted by Gasteiger charge is -2.30. The van der Waals surface area contributed by atoms with Gasteiger partial charge < -0.3 is 5.32 Å². The van der Waals surface area contributed by atoms with Gasteiger partial charge in [0.2, 0.25) is 5.95 Å². The number of nitrogens with one attached hydrogen (secondary N) is 2. The molecule has 0 amide bonds. The van der Waals surface area contributed by atoms with Crippen molar-refractivity contribution in [1.29, 1.82) is 0 Å². The number of hydrogen-bond acceptors (Lipinski definition) is 7. The third-order valence-corrected chi connectivity index (χ3v) is 9.05. The Balaban J connectivity index is 0.000000152. The number of allylic oxidation sites excluding steroid dienone is 1. The summed E-state index contributed by atoms with van der Waals surface area (Å²) in [5.74, 6) is -0.687. The van der Waals surface area contributed by atoms with E-state index < -0.39 is 17.7 Å².